The van der Waals surface area contributed by atoms with Crippen LogP contribution in [-0.4, -0.2) is 81.8 Å². The summed E-state index contributed by atoms with van der Waals surface area (Å²) in [6.07, 6.45) is 5.10. The Morgan fingerprint density at radius 2 is 1.00 bits per heavy atom. The number of rotatable bonds is 0. The Morgan fingerprint density at radius 3 is 1.25 bits per heavy atom. The molecule has 0 unspecified atom stereocenters. The second-order valence-corrected chi connectivity index (χ2v) is 14.2. The molecular formula is C28H50N2O6. The summed E-state index contributed by atoms with van der Waals surface area (Å²) in [6.45, 7) is 18.7. The highest BCUT2D eigenvalue weighted by Crippen LogP contribution is 2.47. The van der Waals surface area contributed by atoms with E-state index in [2.05, 4.69) is 13.8 Å². The lowest BCUT2D eigenvalue weighted by atomic mass is 9.64. The van der Waals surface area contributed by atoms with Crippen molar-refractivity contribution in [2.24, 2.45) is 22.7 Å². The van der Waals surface area contributed by atoms with Crippen LogP contribution in [-0.2, 0) is 9.47 Å². The fourth-order valence-electron chi connectivity index (χ4n) is 6.33. The molecule has 36 heavy (non-hydrogen) atoms. The van der Waals surface area contributed by atoms with Gasteiger partial charge in [-0.15, -0.1) is 0 Å². The number of ether oxygens (including phenoxy) is 2. The number of carbonyl (C=O) groups is 2. The van der Waals surface area contributed by atoms with E-state index in [0.29, 0.717) is 11.8 Å². The highest BCUT2D eigenvalue weighted by molar-refractivity contribution is 5.70. The van der Waals surface area contributed by atoms with Crippen LogP contribution in [0.25, 0.3) is 0 Å². The predicted molar refractivity (Wildman–Crippen MR) is 139 cm³/mol. The van der Waals surface area contributed by atoms with Crippen molar-refractivity contribution in [2.45, 2.75) is 117 Å². The van der Waals surface area contributed by atoms with E-state index in [0.717, 1.165) is 64.7 Å². The number of likely N-dealkylation sites (tertiary alicyclic amines) is 2. The van der Waals surface area contributed by atoms with E-state index in [1.165, 1.54) is 0 Å². The van der Waals surface area contributed by atoms with Gasteiger partial charge in [0.15, 0.2) is 0 Å². The van der Waals surface area contributed by atoms with Crippen LogP contribution in [0.4, 0.5) is 9.59 Å². The fourth-order valence-corrected chi connectivity index (χ4v) is 6.33. The zero-order valence-electron chi connectivity index (χ0n) is 23.8. The summed E-state index contributed by atoms with van der Waals surface area (Å²) in [7, 11) is 0. The first-order valence-corrected chi connectivity index (χ1v) is 13.7. The standard InChI is InChI=1S/2C14H25NO3/c2*1-10-7-14(6-5-11(10)16)8-15(9-14)12(17)18-13(2,3)4/h2*10-11,16H,5-9H2,1-4H3/t10-,11+;10-,11-/m10/s1. The lowest BCUT2D eigenvalue weighted by molar-refractivity contribution is -0.0803. The third-order valence-electron chi connectivity index (χ3n) is 8.17. The van der Waals surface area contributed by atoms with E-state index in [9.17, 15) is 19.8 Å². The van der Waals surface area contributed by atoms with Gasteiger partial charge in [0.2, 0.25) is 0 Å². The Balaban J connectivity index is 0.000000201. The van der Waals surface area contributed by atoms with Crippen LogP contribution in [0.1, 0.15) is 93.9 Å². The van der Waals surface area contributed by atoms with Gasteiger partial charge in [-0.05, 0) is 91.9 Å². The normalized spacial score (nSPS) is 31.1. The van der Waals surface area contributed by atoms with Crippen molar-refractivity contribution < 1.29 is 29.3 Å². The minimum Gasteiger partial charge on any atom is -0.444 e. The Kier molecular flexibility index (Phi) is 8.32. The number of hydrogen-bond acceptors (Lipinski definition) is 6. The first-order valence-electron chi connectivity index (χ1n) is 13.7. The number of hydrogen-bond donors (Lipinski definition) is 2. The molecule has 4 atom stereocenters. The largest absolute Gasteiger partial charge is 0.444 e. The van der Waals surface area contributed by atoms with Crippen LogP contribution < -0.4 is 0 Å². The van der Waals surface area contributed by atoms with E-state index in [4.69, 9.17) is 9.47 Å². The molecule has 2 amide bonds. The van der Waals surface area contributed by atoms with Gasteiger partial charge in [0, 0.05) is 37.0 Å². The van der Waals surface area contributed by atoms with Gasteiger partial charge in [0.1, 0.15) is 11.2 Å². The van der Waals surface area contributed by atoms with Gasteiger partial charge >= 0.3 is 12.2 Å². The summed E-state index contributed by atoms with van der Waals surface area (Å²) in [5, 5.41) is 19.5. The SMILES string of the molecule is C[C@@H]1CC2(CC[C@@H]1O)CN(C(=O)OC(C)(C)C)C2.C[C@H]1CC2(CC[C@@H]1O)CN(C(=O)OC(C)(C)C)C2. The van der Waals surface area contributed by atoms with Gasteiger partial charge in [-0.25, -0.2) is 9.59 Å². The number of aliphatic hydroxyl groups is 2. The lowest BCUT2D eigenvalue weighted by Gasteiger charge is -2.54. The van der Waals surface area contributed by atoms with Crippen molar-refractivity contribution in [2.75, 3.05) is 26.2 Å². The second kappa shape index (κ2) is 10.3. The molecule has 4 fully saturated rings. The molecule has 0 radical (unpaired) electrons. The highest BCUT2D eigenvalue weighted by Gasteiger charge is 2.50. The monoisotopic (exact) mass is 510 g/mol. The second-order valence-electron chi connectivity index (χ2n) is 14.2. The lowest BCUT2D eigenvalue weighted by Crippen LogP contribution is -2.61. The average molecular weight is 511 g/mol. The molecule has 2 saturated heterocycles. The zero-order chi connectivity index (χ0) is 27.1. The molecule has 2 spiro atoms. The fraction of sp³-hybridized carbons (Fsp3) is 0.929. The van der Waals surface area contributed by atoms with Gasteiger partial charge in [-0.3, -0.25) is 0 Å². The first kappa shape index (κ1) is 29.0. The van der Waals surface area contributed by atoms with Crippen molar-refractivity contribution in [3.63, 3.8) is 0 Å². The topological polar surface area (TPSA) is 99.5 Å². The zero-order valence-corrected chi connectivity index (χ0v) is 23.8. The summed E-state index contributed by atoms with van der Waals surface area (Å²) in [4.78, 5) is 27.3. The summed E-state index contributed by atoms with van der Waals surface area (Å²) < 4.78 is 10.7. The molecule has 2 N–H and O–H groups in total. The Hall–Kier alpha value is -1.54. The quantitative estimate of drug-likeness (QED) is 0.485. The van der Waals surface area contributed by atoms with Crippen LogP contribution in [0.3, 0.4) is 0 Å². The third kappa shape index (κ3) is 7.27. The molecule has 4 rings (SSSR count). The van der Waals surface area contributed by atoms with Crippen LogP contribution in [0.5, 0.6) is 0 Å². The number of aliphatic hydroxyl groups excluding tert-OH is 2. The van der Waals surface area contributed by atoms with Crippen molar-refractivity contribution in [1.29, 1.82) is 0 Å². The van der Waals surface area contributed by atoms with Crippen molar-refractivity contribution in [3.8, 4) is 0 Å². The molecule has 0 aromatic carbocycles. The first-order chi connectivity index (χ1) is 16.4. The molecule has 208 valence electrons. The van der Waals surface area contributed by atoms with Crippen molar-refractivity contribution in [3.05, 3.63) is 0 Å². The van der Waals surface area contributed by atoms with Gasteiger partial charge < -0.3 is 29.5 Å². The molecule has 0 aromatic heterocycles. The van der Waals surface area contributed by atoms with Gasteiger partial charge in [-0.1, -0.05) is 13.8 Å². The van der Waals surface area contributed by atoms with Crippen LogP contribution in [0.2, 0.25) is 0 Å². The molecule has 0 aromatic rings. The molecule has 0 bridgehead atoms. The van der Waals surface area contributed by atoms with Crippen molar-refractivity contribution >= 4 is 12.2 Å². The van der Waals surface area contributed by atoms with Crippen LogP contribution >= 0.6 is 0 Å². The van der Waals surface area contributed by atoms with E-state index < -0.39 is 11.2 Å². The summed E-state index contributed by atoms with van der Waals surface area (Å²) >= 11 is 0. The Bertz CT molecular complexity index is 723. The van der Waals surface area contributed by atoms with Gasteiger partial charge in [0.25, 0.3) is 0 Å². The van der Waals surface area contributed by atoms with E-state index >= 15 is 0 Å². The van der Waals surface area contributed by atoms with Crippen LogP contribution in [0.15, 0.2) is 0 Å². The smallest absolute Gasteiger partial charge is 0.410 e. The molecule has 4 aliphatic rings. The summed E-state index contributed by atoms with van der Waals surface area (Å²) in [5.41, 5.74) is -0.350. The van der Waals surface area contributed by atoms with E-state index in [1.54, 1.807) is 9.80 Å². The average Bonchev–Trinajstić information content (AvgIpc) is 2.66. The molecule has 2 saturated carbocycles. The summed E-state index contributed by atoms with van der Waals surface area (Å²) in [5.74, 6) is 0.694. The van der Waals surface area contributed by atoms with Gasteiger partial charge in [0.05, 0.1) is 12.2 Å². The predicted octanol–water partition coefficient (Wildman–Crippen LogP) is 4.81. The highest BCUT2D eigenvalue weighted by atomic mass is 16.6. The molecule has 2 aliphatic heterocycles. The molecular weight excluding hydrogens is 460 g/mol. The number of nitrogens with zero attached hydrogens (tertiary/aromatic N) is 2. The van der Waals surface area contributed by atoms with Crippen molar-refractivity contribution in [1.82, 2.24) is 9.80 Å². The molecule has 2 heterocycles. The number of carbonyl (C=O) groups excluding carboxylic acids is 2. The van der Waals surface area contributed by atoms with Gasteiger partial charge in [-0.2, -0.15) is 0 Å². The molecule has 2 aliphatic carbocycles. The molecule has 8 nitrogen and oxygen atoms in total. The molecule has 8 heteroatoms. The Labute approximate surface area is 217 Å². The maximum atomic E-state index is 11.9. The maximum Gasteiger partial charge on any atom is 0.410 e. The maximum absolute atomic E-state index is 11.9. The minimum atomic E-state index is -0.421. The third-order valence-corrected chi connectivity index (χ3v) is 8.17. The minimum absolute atomic E-state index is 0.161. The Morgan fingerprint density at radius 1 is 0.694 bits per heavy atom. The van der Waals surface area contributed by atoms with E-state index in [1.807, 2.05) is 41.5 Å². The van der Waals surface area contributed by atoms with Crippen LogP contribution in [0, 0.1) is 22.7 Å². The number of amides is 2. The summed E-state index contributed by atoms with van der Waals surface area (Å²) in [6, 6.07) is 0. The van der Waals surface area contributed by atoms with E-state index in [-0.39, 0.29) is 35.2 Å².